The van der Waals surface area contributed by atoms with Gasteiger partial charge in [0.1, 0.15) is 5.75 Å². The molecule has 0 bridgehead atoms. The van der Waals surface area contributed by atoms with Gasteiger partial charge >= 0.3 is 0 Å². The second-order valence-electron chi connectivity index (χ2n) is 4.64. The van der Waals surface area contributed by atoms with Gasteiger partial charge in [0, 0.05) is 6.07 Å². The molecule has 0 aliphatic carbocycles. The van der Waals surface area contributed by atoms with Gasteiger partial charge in [-0.25, -0.2) is 4.98 Å². The number of hydrogen-bond donors (Lipinski definition) is 1. The van der Waals surface area contributed by atoms with E-state index in [-0.39, 0.29) is 0 Å². The molecule has 0 atom stereocenters. The van der Waals surface area contributed by atoms with E-state index in [1.54, 1.807) is 30.6 Å². The standard InChI is InChI=1S/C16H13N3OS/c1-10-3-5-13-15(7-10)21-16(19-13)18-12-6-4-11(9-17)8-14(12)20-2/h3-8H,1-2H3,(H,18,19). The maximum atomic E-state index is 8.92. The Morgan fingerprint density at radius 2 is 2.10 bits per heavy atom. The predicted molar refractivity (Wildman–Crippen MR) is 85.3 cm³/mol. The Hall–Kier alpha value is -2.58. The number of nitrogens with one attached hydrogen (secondary N) is 1. The first-order valence-electron chi connectivity index (χ1n) is 6.42. The van der Waals surface area contributed by atoms with Crippen LogP contribution in [0.4, 0.5) is 10.8 Å². The lowest BCUT2D eigenvalue weighted by molar-refractivity contribution is 0.416. The monoisotopic (exact) mass is 295 g/mol. The summed E-state index contributed by atoms with van der Waals surface area (Å²) < 4.78 is 6.46. The summed E-state index contributed by atoms with van der Waals surface area (Å²) in [5.41, 5.74) is 3.55. The molecule has 21 heavy (non-hydrogen) atoms. The second-order valence-corrected chi connectivity index (χ2v) is 5.67. The molecular weight excluding hydrogens is 282 g/mol. The molecule has 0 amide bonds. The van der Waals surface area contributed by atoms with Gasteiger partial charge in [-0.15, -0.1) is 0 Å². The molecule has 4 nitrogen and oxygen atoms in total. The number of nitriles is 1. The van der Waals surface area contributed by atoms with Crippen LogP contribution in [0.1, 0.15) is 11.1 Å². The molecule has 3 rings (SSSR count). The molecule has 0 saturated heterocycles. The lowest BCUT2D eigenvalue weighted by atomic mass is 10.2. The number of aryl methyl sites for hydroxylation is 1. The summed E-state index contributed by atoms with van der Waals surface area (Å²) in [6, 6.07) is 13.6. The van der Waals surface area contributed by atoms with Gasteiger partial charge in [-0.1, -0.05) is 17.4 Å². The first kappa shape index (κ1) is 13.4. The van der Waals surface area contributed by atoms with Crippen molar-refractivity contribution in [3.05, 3.63) is 47.5 Å². The number of anilines is 2. The van der Waals surface area contributed by atoms with Gasteiger partial charge in [0.2, 0.25) is 0 Å². The van der Waals surface area contributed by atoms with Gasteiger partial charge in [-0.2, -0.15) is 5.26 Å². The molecule has 104 valence electrons. The Bertz CT molecular complexity index is 848. The highest BCUT2D eigenvalue weighted by atomic mass is 32.1. The molecule has 1 aromatic heterocycles. The van der Waals surface area contributed by atoms with E-state index in [4.69, 9.17) is 10.00 Å². The average Bonchev–Trinajstić information content (AvgIpc) is 2.89. The van der Waals surface area contributed by atoms with E-state index in [0.717, 1.165) is 21.0 Å². The minimum absolute atomic E-state index is 0.567. The topological polar surface area (TPSA) is 57.9 Å². The van der Waals surface area contributed by atoms with Gasteiger partial charge in [0.25, 0.3) is 0 Å². The largest absolute Gasteiger partial charge is 0.495 e. The van der Waals surface area contributed by atoms with Crippen LogP contribution < -0.4 is 10.1 Å². The van der Waals surface area contributed by atoms with Crippen LogP contribution in [-0.4, -0.2) is 12.1 Å². The van der Waals surface area contributed by atoms with Crippen molar-refractivity contribution in [1.82, 2.24) is 4.98 Å². The molecule has 0 unspecified atom stereocenters. The number of hydrogen-bond acceptors (Lipinski definition) is 5. The Morgan fingerprint density at radius 3 is 2.86 bits per heavy atom. The quantitative estimate of drug-likeness (QED) is 0.785. The summed E-state index contributed by atoms with van der Waals surface area (Å²) in [4.78, 5) is 4.55. The van der Waals surface area contributed by atoms with Crippen LogP contribution in [0.5, 0.6) is 5.75 Å². The fraction of sp³-hybridized carbons (Fsp3) is 0.125. The zero-order valence-electron chi connectivity index (χ0n) is 11.7. The fourth-order valence-electron chi connectivity index (χ4n) is 2.06. The van der Waals surface area contributed by atoms with Crippen molar-refractivity contribution < 1.29 is 4.74 Å². The van der Waals surface area contributed by atoms with Gasteiger partial charge in [-0.05, 0) is 36.8 Å². The maximum Gasteiger partial charge on any atom is 0.188 e. The lowest BCUT2D eigenvalue weighted by Gasteiger charge is -2.08. The van der Waals surface area contributed by atoms with Crippen molar-refractivity contribution in [2.75, 3.05) is 12.4 Å². The first-order valence-corrected chi connectivity index (χ1v) is 7.23. The summed E-state index contributed by atoms with van der Waals surface area (Å²) in [6.45, 7) is 2.07. The molecule has 0 saturated carbocycles. The SMILES string of the molecule is COc1cc(C#N)ccc1Nc1nc2ccc(C)cc2s1. The van der Waals surface area contributed by atoms with Crippen LogP contribution in [0.3, 0.4) is 0 Å². The molecule has 3 aromatic rings. The predicted octanol–water partition coefficient (Wildman–Crippen LogP) is 4.23. The van der Waals surface area contributed by atoms with Crippen molar-refractivity contribution in [3.63, 3.8) is 0 Å². The van der Waals surface area contributed by atoms with Crippen LogP contribution in [0.25, 0.3) is 10.2 Å². The molecule has 0 aliphatic heterocycles. The zero-order valence-corrected chi connectivity index (χ0v) is 12.5. The molecule has 5 heteroatoms. The van der Waals surface area contributed by atoms with Gasteiger partial charge in [0.05, 0.1) is 34.6 Å². The first-order chi connectivity index (χ1) is 10.2. The number of methoxy groups -OCH3 is 1. The highest BCUT2D eigenvalue weighted by molar-refractivity contribution is 7.22. The molecule has 0 aliphatic rings. The van der Waals surface area contributed by atoms with Crippen LogP contribution in [0, 0.1) is 18.3 Å². The second kappa shape index (κ2) is 5.43. The third-order valence-corrected chi connectivity index (χ3v) is 4.05. The van der Waals surface area contributed by atoms with E-state index in [1.807, 2.05) is 18.2 Å². The maximum absolute atomic E-state index is 8.92. The molecule has 1 heterocycles. The van der Waals surface area contributed by atoms with E-state index in [1.165, 1.54) is 5.56 Å². The summed E-state index contributed by atoms with van der Waals surface area (Å²) in [6.07, 6.45) is 0. The molecule has 0 fully saturated rings. The minimum Gasteiger partial charge on any atom is -0.495 e. The number of aromatic nitrogens is 1. The molecule has 0 radical (unpaired) electrons. The average molecular weight is 295 g/mol. The number of fused-ring (bicyclic) bond motifs is 1. The third-order valence-electron chi connectivity index (χ3n) is 3.12. The molecule has 1 N–H and O–H groups in total. The number of nitrogens with zero attached hydrogens (tertiary/aromatic N) is 2. The van der Waals surface area contributed by atoms with Crippen molar-refractivity contribution >= 4 is 32.4 Å². The Labute approximate surface area is 126 Å². The van der Waals surface area contributed by atoms with E-state index in [9.17, 15) is 0 Å². The Morgan fingerprint density at radius 1 is 1.24 bits per heavy atom. The van der Waals surface area contributed by atoms with Crippen LogP contribution >= 0.6 is 11.3 Å². The molecule has 0 spiro atoms. The highest BCUT2D eigenvalue weighted by Gasteiger charge is 2.08. The van der Waals surface area contributed by atoms with Gasteiger partial charge in [0.15, 0.2) is 5.13 Å². The van der Waals surface area contributed by atoms with Gasteiger partial charge in [-0.3, -0.25) is 0 Å². The summed E-state index contributed by atoms with van der Waals surface area (Å²) >= 11 is 1.59. The number of rotatable bonds is 3. The molecule has 2 aromatic carbocycles. The van der Waals surface area contributed by atoms with E-state index < -0.39 is 0 Å². The van der Waals surface area contributed by atoms with E-state index in [0.29, 0.717) is 11.3 Å². The summed E-state index contributed by atoms with van der Waals surface area (Å²) in [5.74, 6) is 0.629. The van der Waals surface area contributed by atoms with Crippen molar-refractivity contribution in [3.8, 4) is 11.8 Å². The third kappa shape index (κ3) is 2.67. The summed E-state index contributed by atoms with van der Waals surface area (Å²) in [7, 11) is 1.59. The Balaban J connectivity index is 1.96. The van der Waals surface area contributed by atoms with Crippen LogP contribution in [0.15, 0.2) is 36.4 Å². The van der Waals surface area contributed by atoms with E-state index >= 15 is 0 Å². The van der Waals surface area contributed by atoms with Crippen molar-refractivity contribution in [2.45, 2.75) is 6.92 Å². The lowest BCUT2D eigenvalue weighted by Crippen LogP contribution is -1.94. The van der Waals surface area contributed by atoms with Crippen LogP contribution in [-0.2, 0) is 0 Å². The van der Waals surface area contributed by atoms with Crippen molar-refractivity contribution in [1.29, 1.82) is 5.26 Å². The smallest absolute Gasteiger partial charge is 0.188 e. The van der Waals surface area contributed by atoms with Crippen LogP contribution in [0.2, 0.25) is 0 Å². The number of ether oxygens (including phenoxy) is 1. The van der Waals surface area contributed by atoms with E-state index in [2.05, 4.69) is 29.4 Å². The summed E-state index contributed by atoms with van der Waals surface area (Å²) in [5, 5.41) is 13.0. The number of thiazole rings is 1. The number of benzene rings is 2. The van der Waals surface area contributed by atoms with Gasteiger partial charge < -0.3 is 10.1 Å². The highest BCUT2D eigenvalue weighted by Crippen LogP contribution is 2.33. The minimum atomic E-state index is 0.567. The zero-order chi connectivity index (χ0) is 14.8. The van der Waals surface area contributed by atoms with Crippen molar-refractivity contribution in [2.24, 2.45) is 0 Å². The normalized spacial score (nSPS) is 10.3. The molecular formula is C16H13N3OS. The Kier molecular flexibility index (Phi) is 3.46. The fourth-order valence-corrected chi connectivity index (χ4v) is 3.04.